The number of amides is 1. The minimum Gasteiger partial charge on any atom is -0.325 e. The van der Waals surface area contributed by atoms with Gasteiger partial charge in [-0.3, -0.25) is 4.79 Å². The van der Waals surface area contributed by atoms with Gasteiger partial charge < -0.3 is 10.6 Å². The minimum atomic E-state index is -0.360. The van der Waals surface area contributed by atoms with Gasteiger partial charge in [0.2, 0.25) is 5.91 Å². The van der Waals surface area contributed by atoms with Gasteiger partial charge in [0, 0.05) is 11.1 Å². The number of anilines is 1. The molecule has 1 aromatic rings. The lowest BCUT2D eigenvalue weighted by Crippen LogP contribution is -2.30. The van der Waals surface area contributed by atoms with Crippen LogP contribution < -0.4 is 10.6 Å². The highest BCUT2D eigenvalue weighted by Gasteiger charge is 2.24. The Labute approximate surface area is 129 Å². The molecule has 3 heteroatoms. The Morgan fingerprint density at radius 2 is 1.71 bits per heavy atom. The van der Waals surface area contributed by atoms with Crippen molar-refractivity contribution < 1.29 is 4.79 Å². The number of carbonyl (C=O) groups is 1. The molecule has 0 aliphatic carbocycles. The first-order valence-corrected chi connectivity index (χ1v) is 8.09. The molecule has 1 aliphatic rings. The third-order valence-electron chi connectivity index (χ3n) is 3.67. The molecule has 0 aromatic heterocycles. The fraction of sp³-hybridized carbons (Fsp3) is 0.611. The molecular formula is C18H30N2O. The second-order valence-corrected chi connectivity index (χ2v) is 6.32. The summed E-state index contributed by atoms with van der Waals surface area (Å²) in [5.41, 5.74) is 1.90. The van der Waals surface area contributed by atoms with E-state index in [4.69, 9.17) is 0 Å². The molecule has 0 bridgehead atoms. The van der Waals surface area contributed by atoms with Gasteiger partial charge in [0.1, 0.15) is 0 Å². The predicted molar refractivity (Wildman–Crippen MR) is 90.7 cm³/mol. The highest BCUT2D eigenvalue weighted by atomic mass is 16.2. The van der Waals surface area contributed by atoms with Gasteiger partial charge in [-0.25, -0.2) is 0 Å². The van der Waals surface area contributed by atoms with Crippen molar-refractivity contribution in [2.24, 2.45) is 5.41 Å². The maximum Gasteiger partial charge on any atom is 0.229 e. The SMILES string of the molecule is CC.CC(C)(C)C(=O)Nc1ccccc1C1CCNCC1. The van der Waals surface area contributed by atoms with Crippen LogP contribution >= 0.6 is 0 Å². The van der Waals surface area contributed by atoms with Crippen LogP contribution in [0.25, 0.3) is 0 Å². The second-order valence-electron chi connectivity index (χ2n) is 6.32. The Hall–Kier alpha value is -1.35. The van der Waals surface area contributed by atoms with Crippen molar-refractivity contribution >= 4 is 11.6 Å². The maximum atomic E-state index is 12.1. The van der Waals surface area contributed by atoms with E-state index in [0.717, 1.165) is 31.6 Å². The lowest BCUT2D eigenvalue weighted by Gasteiger charge is -2.26. The van der Waals surface area contributed by atoms with Crippen LogP contribution in [0.4, 0.5) is 5.69 Å². The van der Waals surface area contributed by atoms with Crippen LogP contribution in [-0.2, 0) is 4.79 Å². The average molecular weight is 290 g/mol. The van der Waals surface area contributed by atoms with E-state index in [1.807, 2.05) is 46.8 Å². The van der Waals surface area contributed by atoms with Crippen LogP contribution in [0.1, 0.15) is 58.9 Å². The fourth-order valence-electron chi connectivity index (χ4n) is 2.41. The van der Waals surface area contributed by atoms with Gasteiger partial charge >= 0.3 is 0 Å². The number of hydrogen-bond donors (Lipinski definition) is 2. The average Bonchev–Trinajstić information content (AvgIpc) is 2.50. The zero-order valence-corrected chi connectivity index (χ0v) is 14.1. The number of nitrogens with one attached hydrogen (secondary N) is 2. The molecule has 2 N–H and O–H groups in total. The quantitative estimate of drug-likeness (QED) is 0.858. The molecule has 0 atom stereocenters. The number of piperidine rings is 1. The molecule has 0 saturated carbocycles. The lowest BCUT2D eigenvalue weighted by molar-refractivity contribution is -0.123. The molecule has 1 saturated heterocycles. The molecule has 118 valence electrons. The number of hydrogen-bond acceptors (Lipinski definition) is 2. The van der Waals surface area contributed by atoms with E-state index in [1.54, 1.807) is 0 Å². The van der Waals surface area contributed by atoms with Crippen LogP contribution in [0, 0.1) is 5.41 Å². The van der Waals surface area contributed by atoms with Crippen molar-refractivity contribution in [2.45, 2.75) is 53.4 Å². The summed E-state index contributed by atoms with van der Waals surface area (Å²) in [5.74, 6) is 0.631. The molecule has 2 rings (SSSR count). The van der Waals surface area contributed by atoms with Gasteiger partial charge in [-0.1, -0.05) is 52.8 Å². The van der Waals surface area contributed by atoms with E-state index in [2.05, 4.69) is 22.8 Å². The molecule has 1 aromatic carbocycles. The molecule has 0 spiro atoms. The molecule has 1 fully saturated rings. The van der Waals surface area contributed by atoms with Crippen LogP contribution in [0.3, 0.4) is 0 Å². The molecule has 1 aliphatic heterocycles. The Kier molecular flexibility index (Phi) is 6.90. The third-order valence-corrected chi connectivity index (χ3v) is 3.67. The Morgan fingerprint density at radius 3 is 2.29 bits per heavy atom. The smallest absolute Gasteiger partial charge is 0.229 e. The normalized spacial score (nSPS) is 15.9. The van der Waals surface area contributed by atoms with Gasteiger partial charge in [-0.15, -0.1) is 0 Å². The van der Waals surface area contributed by atoms with E-state index in [9.17, 15) is 4.79 Å². The maximum absolute atomic E-state index is 12.1. The molecule has 3 nitrogen and oxygen atoms in total. The van der Waals surface area contributed by atoms with Gasteiger partial charge in [0.15, 0.2) is 0 Å². The second kappa shape index (κ2) is 8.18. The third kappa shape index (κ3) is 5.16. The summed E-state index contributed by atoms with van der Waals surface area (Å²) in [6.07, 6.45) is 2.28. The van der Waals surface area contributed by atoms with Crippen molar-refractivity contribution in [3.8, 4) is 0 Å². The Bertz CT molecular complexity index is 443. The summed E-state index contributed by atoms with van der Waals surface area (Å²) in [5, 5.41) is 6.47. The standard InChI is InChI=1S/C16H24N2O.C2H6/c1-16(2,3)15(19)18-14-7-5-4-6-13(14)12-8-10-17-11-9-12;1-2/h4-7,12,17H,8-11H2,1-3H3,(H,18,19);1-2H3. The van der Waals surface area contributed by atoms with E-state index < -0.39 is 0 Å². The van der Waals surface area contributed by atoms with Crippen molar-refractivity contribution in [3.05, 3.63) is 29.8 Å². The van der Waals surface area contributed by atoms with Gasteiger partial charge in [-0.2, -0.15) is 0 Å². The molecular weight excluding hydrogens is 260 g/mol. The number of carbonyl (C=O) groups excluding carboxylic acids is 1. The first kappa shape index (κ1) is 17.7. The molecule has 1 heterocycles. The highest BCUT2D eigenvalue weighted by Crippen LogP contribution is 2.31. The Morgan fingerprint density at radius 1 is 1.14 bits per heavy atom. The first-order chi connectivity index (χ1) is 9.98. The summed E-state index contributed by atoms with van der Waals surface area (Å²) in [6.45, 7) is 11.9. The highest BCUT2D eigenvalue weighted by molar-refractivity contribution is 5.95. The molecule has 21 heavy (non-hydrogen) atoms. The van der Waals surface area contributed by atoms with E-state index in [1.165, 1.54) is 5.56 Å². The van der Waals surface area contributed by atoms with Crippen LogP contribution in [-0.4, -0.2) is 19.0 Å². The minimum absolute atomic E-state index is 0.0777. The van der Waals surface area contributed by atoms with E-state index >= 15 is 0 Å². The van der Waals surface area contributed by atoms with Crippen LogP contribution in [0.5, 0.6) is 0 Å². The topological polar surface area (TPSA) is 41.1 Å². The molecule has 1 amide bonds. The Balaban J connectivity index is 0.00000106. The largest absolute Gasteiger partial charge is 0.325 e. The zero-order chi connectivity index (χ0) is 15.9. The van der Waals surface area contributed by atoms with Crippen molar-refractivity contribution in [1.82, 2.24) is 5.32 Å². The number of benzene rings is 1. The first-order valence-electron chi connectivity index (χ1n) is 8.09. The van der Waals surface area contributed by atoms with Crippen molar-refractivity contribution in [2.75, 3.05) is 18.4 Å². The van der Waals surface area contributed by atoms with Crippen LogP contribution in [0.2, 0.25) is 0 Å². The lowest BCUT2D eigenvalue weighted by atomic mass is 9.88. The van der Waals surface area contributed by atoms with Gasteiger partial charge in [-0.05, 0) is 43.5 Å². The molecule has 0 radical (unpaired) electrons. The van der Waals surface area contributed by atoms with Gasteiger partial charge in [0.05, 0.1) is 0 Å². The van der Waals surface area contributed by atoms with Crippen molar-refractivity contribution in [1.29, 1.82) is 0 Å². The molecule has 0 unspecified atom stereocenters. The summed E-state index contributed by atoms with van der Waals surface area (Å²) < 4.78 is 0. The van der Waals surface area contributed by atoms with Crippen molar-refractivity contribution in [3.63, 3.8) is 0 Å². The number of rotatable bonds is 2. The monoisotopic (exact) mass is 290 g/mol. The van der Waals surface area contributed by atoms with Gasteiger partial charge in [0.25, 0.3) is 0 Å². The summed E-state index contributed by atoms with van der Waals surface area (Å²) in [7, 11) is 0. The zero-order valence-electron chi connectivity index (χ0n) is 14.1. The number of para-hydroxylation sites is 1. The summed E-state index contributed by atoms with van der Waals surface area (Å²) >= 11 is 0. The van der Waals surface area contributed by atoms with E-state index in [-0.39, 0.29) is 11.3 Å². The fourth-order valence-corrected chi connectivity index (χ4v) is 2.41. The summed E-state index contributed by atoms with van der Waals surface area (Å²) in [4.78, 5) is 12.1. The predicted octanol–water partition coefficient (Wildman–Crippen LogP) is 4.16. The van der Waals surface area contributed by atoms with Crippen LogP contribution in [0.15, 0.2) is 24.3 Å². The van der Waals surface area contributed by atoms with E-state index in [0.29, 0.717) is 5.92 Å². The summed E-state index contributed by atoms with van der Waals surface area (Å²) in [6, 6.07) is 8.21.